The molecule has 0 aromatic carbocycles. The Balaban J connectivity index is 2.32. The van der Waals surface area contributed by atoms with E-state index < -0.39 is 6.55 Å². The number of halogens is 2. The molecule has 3 heteroatoms. The Hall–Kier alpha value is -0.180. The molecule has 0 heterocycles. The average molecular weight is 66.0 g/mol. The van der Waals surface area contributed by atoms with E-state index in [1.54, 1.807) is 0 Å². The minimum absolute atomic E-state index is 2.08. The highest BCUT2D eigenvalue weighted by Gasteiger charge is 1.57. The van der Waals surface area contributed by atoms with Crippen molar-refractivity contribution >= 4 is 0 Å². The van der Waals surface area contributed by atoms with Crippen LogP contribution < -0.4 is 5.73 Å². The minimum Gasteiger partial charge on any atom is -0.425 e. The van der Waals surface area contributed by atoms with E-state index in [4.69, 9.17) is 0 Å². The van der Waals surface area contributed by atoms with Gasteiger partial charge in [-0.1, -0.05) is 0 Å². The van der Waals surface area contributed by atoms with Gasteiger partial charge in [0.2, 0.25) is 0 Å². The van der Waals surface area contributed by atoms with Gasteiger partial charge in [-0.05, 0) is 0 Å². The van der Waals surface area contributed by atoms with Crippen molar-refractivity contribution in [2.75, 3.05) is 0 Å². The molecule has 0 aliphatic rings. The number of hydrogen-bond donors (Lipinski definition) is 1. The van der Waals surface area contributed by atoms with Crippen LogP contribution in [0.15, 0.2) is 0 Å². The molecule has 0 aromatic heterocycles. The second-order valence-electron chi connectivity index (χ2n) is 0.290. The molecule has 0 radical (unpaired) electrons. The van der Waals surface area contributed by atoms with Gasteiger partial charge in [0.15, 0.2) is 0 Å². The Morgan fingerprint density at radius 3 is 1.50 bits per heavy atom. The summed E-state index contributed by atoms with van der Waals surface area (Å²) in [5.74, 6) is 0. The third-order valence-corrected chi connectivity index (χ3v) is 0. The Bertz CT molecular complexity index is 10.8. The highest BCUT2D eigenvalue weighted by molar-refractivity contribution is 4.34. The summed E-state index contributed by atoms with van der Waals surface area (Å²) in [5, 5.41) is 0. The molecular formula is CH2F2N-. The van der Waals surface area contributed by atoms with E-state index >= 15 is 0 Å². The van der Waals surface area contributed by atoms with Crippen LogP contribution in [0.3, 0.4) is 0 Å². The Kier molecular flexibility index (Phi) is 1.12. The third-order valence-electron chi connectivity index (χ3n) is 0. The lowest BCUT2D eigenvalue weighted by Crippen LogP contribution is -1.91. The van der Waals surface area contributed by atoms with E-state index in [1.807, 2.05) is 0 Å². The molecule has 0 rings (SSSR count). The topological polar surface area (TPSA) is 26.0 Å². The molecule has 0 aliphatic carbocycles. The molecule has 0 amide bonds. The van der Waals surface area contributed by atoms with Crippen molar-refractivity contribution < 1.29 is 8.78 Å². The van der Waals surface area contributed by atoms with Crippen molar-refractivity contribution in [2.24, 2.45) is 5.73 Å². The van der Waals surface area contributed by atoms with Crippen LogP contribution in [0.2, 0.25) is 0 Å². The number of hydrogen-bond acceptors (Lipinski definition) is 1. The largest absolute Gasteiger partial charge is 0.425 e. The molecule has 0 fully saturated rings. The van der Waals surface area contributed by atoms with Gasteiger partial charge in [-0.3, -0.25) is 0 Å². The Morgan fingerprint density at radius 1 is 1.50 bits per heavy atom. The van der Waals surface area contributed by atoms with Crippen LogP contribution in [0.1, 0.15) is 0 Å². The molecule has 0 aromatic rings. The summed E-state index contributed by atoms with van der Waals surface area (Å²) < 4.78 is 20.1. The summed E-state index contributed by atoms with van der Waals surface area (Å²) in [6.45, 7) is -2.08. The van der Waals surface area contributed by atoms with Crippen molar-refractivity contribution in [1.82, 2.24) is 0 Å². The van der Waals surface area contributed by atoms with Crippen LogP contribution in [0.5, 0.6) is 0 Å². The fraction of sp³-hybridized carbons (Fsp3) is 0. The first kappa shape index (κ1) is 3.82. The maximum absolute atomic E-state index is 10.0. The molecule has 0 unspecified atom stereocenters. The van der Waals surface area contributed by atoms with Gasteiger partial charge in [0.1, 0.15) is 0 Å². The van der Waals surface area contributed by atoms with E-state index in [0.717, 1.165) is 0 Å². The lowest BCUT2D eigenvalue weighted by atomic mass is 11.4. The fourth-order valence-corrected chi connectivity index (χ4v) is 0. The van der Waals surface area contributed by atoms with Gasteiger partial charge in [-0.25, -0.2) is 0 Å². The highest BCUT2D eigenvalue weighted by Crippen LogP contribution is 1.84. The van der Waals surface area contributed by atoms with E-state index in [9.17, 15) is 8.78 Å². The quantitative estimate of drug-likeness (QED) is 0.320. The van der Waals surface area contributed by atoms with Gasteiger partial charge in [-0.15, -0.1) is 0 Å². The third kappa shape index (κ3) is 37.8. The smallest absolute Gasteiger partial charge is 0.0600 e. The summed E-state index contributed by atoms with van der Waals surface area (Å²) in [4.78, 5) is 0. The summed E-state index contributed by atoms with van der Waals surface area (Å²) >= 11 is 0. The molecule has 26 valence electrons. The van der Waals surface area contributed by atoms with E-state index in [0.29, 0.717) is 0 Å². The SMILES string of the molecule is N[C-](F)F. The predicted octanol–water partition coefficient (Wildman–Crippen LogP) is 0.331. The molecule has 0 spiro atoms. The predicted molar refractivity (Wildman–Crippen MR) is 9.65 cm³/mol. The van der Waals surface area contributed by atoms with Crippen molar-refractivity contribution in [3.05, 3.63) is 6.55 Å². The second kappa shape index (κ2) is 1.17. The molecule has 1 nitrogen and oxygen atoms in total. The van der Waals surface area contributed by atoms with Gasteiger partial charge >= 0.3 is 0 Å². The first-order valence-electron chi connectivity index (χ1n) is 0.667. The average Bonchev–Trinajstić information content (AvgIpc) is 0.811. The minimum atomic E-state index is -2.08. The van der Waals surface area contributed by atoms with Gasteiger partial charge < -0.3 is 14.5 Å². The normalized spacial score (nSPS) is 9.00. The Morgan fingerprint density at radius 2 is 1.50 bits per heavy atom. The first-order valence-corrected chi connectivity index (χ1v) is 0.667. The maximum atomic E-state index is 10.0. The lowest BCUT2D eigenvalue weighted by Gasteiger charge is -1.92. The standard InChI is InChI=1S/CH2F2N/c2-1(3)4/h4H2/q-1. The zero-order valence-electron chi connectivity index (χ0n) is 1.83. The van der Waals surface area contributed by atoms with Crippen LogP contribution in [-0.4, -0.2) is 0 Å². The molecule has 4 heavy (non-hydrogen) atoms. The van der Waals surface area contributed by atoms with E-state index in [2.05, 4.69) is 5.73 Å². The molecular weight excluding hydrogens is 64.0 g/mol. The number of nitrogens with two attached hydrogens (primary N) is 1. The van der Waals surface area contributed by atoms with Gasteiger partial charge in [0, 0.05) is 0 Å². The first-order chi connectivity index (χ1) is 1.73. The van der Waals surface area contributed by atoms with Crippen molar-refractivity contribution in [3.63, 3.8) is 0 Å². The zero-order valence-corrected chi connectivity index (χ0v) is 1.83. The lowest BCUT2D eigenvalue weighted by molar-refractivity contribution is 0.292. The van der Waals surface area contributed by atoms with Crippen LogP contribution in [0, 0.1) is 6.55 Å². The number of rotatable bonds is 0. The van der Waals surface area contributed by atoms with Crippen molar-refractivity contribution in [2.45, 2.75) is 0 Å². The molecule has 2 N–H and O–H groups in total. The fourth-order valence-electron chi connectivity index (χ4n) is 0. The molecule has 0 atom stereocenters. The summed E-state index contributed by atoms with van der Waals surface area (Å²) in [5.41, 5.74) is 3.69. The van der Waals surface area contributed by atoms with Crippen LogP contribution in [0.4, 0.5) is 8.78 Å². The molecule has 0 saturated heterocycles. The van der Waals surface area contributed by atoms with Crippen molar-refractivity contribution in [3.8, 4) is 0 Å². The maximum Gasteiger partial charge on any atom is 0.0600 e. The Labute approximate surface area is 22.4 Å². The van der Waals surface area contributed by atoms with Crippen molar-refractivity contribution in [1.29, 1.82) is 0 Å². The summed E-state index contributed by atoms with van der Waals surface area (Å²) in [6, 6.07) is 0. The van der Waals surface area contributed by atoms with Crippen LogP contribution in [0.25, 0.3) is 0 Å². The zero-order chi connectivity index (χ0) is 3.58. The second-order valence-corrected chi connectivity index (χ2v) is 0.290. The summed E-state index contributed by atoms with van der Waals surface area (Å²) in [7, 11) is 0. The van der Waals surface area contributed by atoms with Crippen LogP contribution in [-0.2, 0) is 0 Å². The van der Waals surface area contributed by atoms with Crippen LogP contribution >= 0.6 is 0 Å². The molecule has 0 bridgehead atoms. The highest BCUT2D eigenvalue weighted by atomic mass is 19.3. The monoisotopic (exact) mass is 66.0 g/mol. The van der Waals surface area contributed by atoms with Gasteiger partial charge in [0.05, 0.1) is 6.55 Å². The molecule has 0 saturated carbocycles. The van der Waals surface area contributed by atoms with E-state index in [-0.39, 0.29) is 0 Å². The van der Waals surface area contributed by atoms with Gasteiger partial charge in [0.25, 0.3) is 0 Å². The molecule has 0 aliphatic heterocycles. The van der Waals surface area contributed by atoms with Gasteiger partial charge in [-0.2, -0.15) is 0 Å². The van der Waals surface area contributed by atoms with E-state index in [1.165, 1.54) is 0 Å². The summed E-state index contributed by atoms with van der Waals surface area (Å²) in [6.07, 6.45) is 0.